The zero-order valence-corrected chi connectivity index (χ0v) is 19.4. The van der Waals surface area contributed by atoms with Crippen molar-refractivity contribution >= 4 is 38.8 Å². The van der Waals surface area contributed by atoms with Crippen LogP contribution in [-0.2, 0) is 6.42 Å². The van der Waals surface area contributed by atoms with Gasteiger partial charge < -0.3 is 20.7 Å². The van der Waals surface area contributed by atoms with Crippen LogP contribution < -0.4 is 20.7 Å². The first-order chi connectivity index (χ1) is 16.0. The number of aromatic nitrogens is 1. The Morgan fingerprint density at radius 1 is 1.30 bits per heavy atom. The maximum atomic E-state index is 15.2. The predicted octanol–water partition coefficient (Wildman–Crippen LogP) is 4.44. The van der Waals surface area contributed by atoms with E-state index in [0.717, 1.165) is 34.1 Å². The van der Waals surface area contributed by atoms with Crippen LogP contribution in [0.25, 0.3) is 10.2 Å². The van der Waals surface area contributed by atoms with E-state index in [1.165, 1.54) is 37.0 Å². The molecule has 4 heterocycles. The van der Waals surface area contributed by atoms with Crippen molar-refractivity contribution in [2.45, 2.75) is 51.1 Å². The largest absolute Gasteiger partial charge is 0.491 e. The normalized spacial score (nSPS) is 23.9. The second-order valence-electron chi connectivity index (χ2n) is 9.48. The third-order valence-electron chi connectivity index (χ3n) is 7.40. The molecule has 172 valence electrons. The van der Waals surface area contributed by atoms with Crippen LogP contribution in [0, 0.1) is 18.7 Å². The van der Waals surface area contributed by atoms with Crippen molar-refractivity contribution in [1.82, 2.24) is 10.3 Å². The minimum atomic E-state index is -0.323. The summed E-state index contributed by atoms with van der Waals surface area (Å²) in [4.78, 5) is 21.0. The number of fused-ring (bicyclic) bond motifs is 3. The summed E-state index contributed by atoms with van der Waals surface area (Å²) in [5.41, 5.74) is 8.98. The third kappa shape index (κ3) is 3.51. The average molecular weight is 467 g/mol. The van der Waals surface area contributed by atoms with Gasteiger partial charge in [0.1, 0.15) is 27.9 Å². The van der Waals surface area contributed by atoms with Gasteiger partial charge in [-0.3, -0.25) is 4.79 Å². The van der Waals surface area contributed by atoms with Crippen molar-refractivity contribution in [1.29, 1.82) is 0 Å². The third-order valence-corrected chi connectivity index (χ3v) is 8.51. The summed E-state index contributed by atoms with van der Waals surface area (Å²) in [7, 11) is 0. The van der Waals surface area contributed by atoms with Crippen LogP contribution >= 0.6 is 11.3 Å². The number of carbonyl (C=O) groups excluding carboxylic acids is 1. The van der Waals surface area contributed by atoms with E-state index in [-0.39, 0.29) is 17.8 Å². The number of halogens is 1. The van der Waals surface area contributed by atoms with E-state index in [4.69, 9.17) is 10.5 Å². The van der Waals surface area contributed by atoms with Gasteiger partial charge >= 0.3 is 0 Å². The second kappa shape index (κ2) is 7.87. The topological polar surface area (TPSA) is 80.5 Å². The SMILES string of the molecule is Cc1ccc2c(N)c(C(=O)N[C@H]3COc4cc(N5CC[C@@H]6CCC[C@@H]65)cc(F)c4C3)sc2n1. The van der Waals surface area contributed by atoms with Crippen LogP contribution in [0.1, 0.15) is 46.6 Å². The molecule has 1 saturated heterocycles. The molecule has 6 nitrogen and oxygen atoms in total. The molecule has 2 aliphatic heterocycles. The number of pyridine rings is 1. The number of hydrogen-bond acceptors (Lipinski definition) is 6. The Morgan fingerprint density at radius 2 is 2.18 bits per heavy atom. The van der Waals surface area contributed by atoms with Crippen molar-refractivity contribution in [2.75, 3.05) is 23.8 Å². The average Bonchev–Trinajstić information content (AvgIpc) is 3.49. The first kappa shape index (κ1) is 20.7. The van der Waals surface area contributed by atoms with Gasteiger partial charge in [0.25, 0.3) is 5.91 Å². The number of carbonyl (C=O) groups is 1. The van der Waals surface area contributed by atoms with E-state index in [2.05, 4.69) is 15.2 Å². The number of hydrogen-bond donors (Lipinski definition) is 2. The maximum Gasteiger partial charge on any atom is 0.263 e. The van der Waals surface area contributed by atoms with E-state index in [1.54, 1.807) is 6.07 Å². The van der Waals surface area contributed by atoms with Crippen molar-refractivity contribution in [2.24, 2.45) is 5.92 Å². The lowest BCUT2D eigenvalue weighted by molar-refractivity contribution is 0.0919. The van der Waals surface area contributed by atoms with Gasteiger partial charge in [-0.15, -0.1) is 11.3 Å². The molecule has 3 atom stereocenters. The van der Waals surface area contributed by atoms with Gasteiger partial charge in [-0.1, -0.05) is 6.42 Å². The molecule has 8 heteroatoms. The number of thiophene rings is 1. The summed E-state index contributed by atoms with van der Waals surface area (Å²) in [5, 5.41) is 3.76. The molecule has 6 rings (SSSR count). The summed E-state index contributed by atoms with van der Waals surface area (Å²) in [6, 6.07) is 7.60. The number of rotatable bonds is 3. The highest BCUT2D eigenvalue weighted by Gasteiger charge is 2.38. The lowest BCUT2D eigenvalue weighted by Crippen LogP contribution is -2.43. The van der Waals surface area contributed by atoms with Crippen LogP contribution in [-0.4, -0.2) is 36.1 Å². The summed E-state index contributed by atoms with van der Waals surface area (Å²) < 4.78 is 21.1. The number of nitrogens with zero attached hydrogens (tertiary/aromatic N) is 2. The van der Waals surface area contributed by atoms with Gasteiger partial charge in [0, 0.05) is 47.4 Å². The molecule has 1 aromatic carbocycles. The lowest BCUT2D eigenvalue weighted by Gasteiger charge is -2.30. The van der Waals surface area contributed by atoms with Crippen LogP contribution in [0.3, 0.4) is 0 Å². The Labute approximate surface area is 195 Å². The lowest BCUT2D eigenvalue weighted by atomic mass is 10.0. The molecule has 0 radical (unpaired) electrons. The number of amides is 1. The first-order valence-electron chi connectivity index (χ1n) is 11.7. The quantitative estimate of drug-likeness (QED) is 0.597. The molecule has 3 aliphatic rings. The molecular formula is C25H27FN4O2S. The van der Waals surface area contributed by atoms with Crippen LogP contribution in [0.15, 0.2) is 24.3 Å². The number of anilines is 2. The van der Waals surface area contributed by atoms with Gasteiger partial charge in [0.2, 0.25) is 0 Å². The highest BCUT2D eigenvalue weighted by molar-refractivity contribution is 7.21. The zero-order valence-electron chi connectivity index (χ0n) is 18.6. The maximum absolute atomic E-state index is 15.2. The van der Waals surface area contributed by atoms with E-state index < -0.39 is 0 Å². The number of nitrogens with one attached hydrogen (secondary N) is 1. The molecule has 1 amide bonds. The smallest absolute Gasteiger partial charge is 0.263 e. The van der Waals surface area contributed by atoms with Crippen LogP contribution in [0.4, 0.5) is 15.8 Å². The van der Waals surface area contributed by atoms with E-state index in [9.17, 15) is 4.79 Å². The standard InChI is InChI=1S/C25H27FN4O2S/c1-13-5-6-17-22(27)23(33-25(17)28-13)24(31)29-15-9-18-19(26)10-16(11-21(18)32-12-15)30-8-7-14-3-2-4-20(14)30/h5-6,10-11,14-15,20H,2-4,7-9,12,27H2,1H3,(H,29,31)/t14-,15+,20-/m0/s1. The Morgan fingerprint density at radius 3 is 3.06 bits per heavy atom. The fraction of sp³-hybridized carbons (Fsp3) is 0.440. The molecule has 3 aromatic rings. The van der Waals surface area contributed by atoms with E-state index >= 15 is 4.39 Å². The van der Waals surface area contributed by atoms with Gasteiger partial charge in [0.15, 0.2) is 0 Å². The summed E-state index contributed by atoms with van der Waals surface area (Å²) in [6.07, 6.45) is 5.31. The number of nitrogens with two attached hydrogens (primary N) is 1. The van der Waals surface area contributed by atoms with Gasteiger partial charge in [-0.2, -0.15) is 0 Å². The van der Waals surface area contributed by atoms with Gasteiger partial charge in [0.05, 0.1) is 11.7 Å². The molecule has 2 fully saturated rings. The molecule has 2 aromatic heterocycles. The Kier molecular flexibility index (Phi) is 4.94. The molecule has 1 aliphatic carbocycles. The van der Waals surface area contributed by atoms with Gasteiger partial charge in [-0.25, -0.2) is 9.37 Å². The number of benzene rings is 1. The van der Waals surface area contributed by atoms with E-state index in [0.29, 0.717) is 40.9 Å². The molecule has 0 spiro atoms. The van der Waals surface area contributed by atoms with Crippen LogP contribution in [0.5, 0.6) is 5.75 Å². The van der Waals surface area contributed by atoms with Crippen LogP contribution in [0.2, 0.25) is 0 Å². The number of nitrogen functional groups attached to an aromatic ring is 1. The minimum Gasteiger partial charge on any atom is -0.491 e. The summed E-state index contributed by atoms with van der Waals surface area (Å²) in [6.45, 7) is 3.19. The minimum absolute atomic E-state index is 0.260. The monoisotopic (exact) mass is 466 g/mol. The fourth-order valence-corrected chi connectivity index (χ4v) is 6.79. The molecular weight excluding hydrogens is 439 g/mol. The zero-order chi connectivity index (χ0) is 22.7. The molecule has 1 saturated carbocycles. The van der Waals surface area contributed by atoms with Crippen molar-refractivity contribution in [3.63, 3.8) is 0 Å². The van der Waals surface area contributed by atoms with Gasteiger partial charge in [-0.05, 0) is 50.3 Å². The Bertz CT molecular complexity index is 1260. The Hall–Kier alpha value is -2.87. The summed E-state index contributed by atoms with van der Waals surface area (Å²) >= 11 is 1.28. The second-order valence-corrected chi connectivity index (χ2v) is 10.5. The predicted molar refractivity (Wildman–Crippen MR) is 129 cm³/mol. The van der Waals surface area contributed by atoms with Crippen molar-refractivity contribution < 1.29 is 13.9 Å². The number of ether oxygens (including phenoxy) is 1. The highest BCUT2D eigenvalue weighted by atomic mass is 32.1. The highest BCUT2D eigenvalue weighted by Crippen LogP contribution is 2.42. The Balaban J connectivity index is 1.20. The first-order valence-corrected chi connectivity index (χ1v) is 12.5. The van der Waals surface area contributed by atoms with Crippen molar-refractivity contribution in [3.8, 4) is 5.75 Å². The van der Waals surface area contributed by atoms with E-state index in [1.807, 2.05) is 25.1 Å². The van der Waals surface area contributed by atoms with Crippen molar-refractivity contribution in [3.05, 3.63) is 46.2 Å². The molecule has 0 bridgehead atoms. The number of aryl methyl sites for hydroxylation is 1. The molecule has 33 heavy (non-hydrogen) atoms. The fourth-order valence-electron chi connectivity index (χ4n) is 5.74. The molecule has 3 N–H and O–H groups in total. The summed E-state index contributed by atoms with van der Waals surface area (Å²) in [5.74, 6) is 0.804. The molecule has 0 unspecified atom stereocenters.